The van der Waals surface area contributed by atoms with Crippen LogP contribution in [0.5, 0.6) is 0 Å². The number of amides is 1. The third kappa shape index (κ3) is 29.1. The van der Waals surface area contributed by atoms with Crippen LogP contribution < -0.4 is 5.32 Å². The van der Waals surface area contributed by atoms with Gasteiger partial charge in [0.15, 0.2) is 0 Å². The fraction of sp³-hybridized carbons (Fsp3) is 0.952. The van der Waals surface area contributed by atoms with Gasteiger partial charge in [-0.25, -0.2) is 0 Å². The first-order chi connectivity index (χ1) is 22.8. The maximum atomic E-state index is 12.3. The highest BCUT2D eigenvalue weighted by Gasteiger charge is 2.15. The lowest BCUT2D eigenvalue weighted by Gasteiger charge is -2.20. The molecule has 0 saturated carbocycles. The van der Waals surface area contributed by atoms with E-state index in [-0.39, 0.29) is 5.91 Å². The Labute approximate surface area is 289 Å². The summed E-state index contributed by atoms with van der Waals surface area (Å²) < 4.78 is 0. The molecule has 1 rings (SSSR count). The Hall–Kier alpha value is -1.06. The van der Waals surface area contributed by atoms with E-state index in [1.165, 1.54) is 198 Å². The van der Waals surface area contributed by atoms with Gasteiger partial charge in [-0.3, -0.25) is 9.79 Å². The molecule has 1 N–H and O–H groups in total. The minimum Gasteiger partial charge on any atom is -0.358 e. The van der Waals surface area contributed by atoms with Gasteiger partial charge >= 0.3 is 0 Å². The molecule has 272 valence electrons. The van der Waals surface area contributed by atoms with Crippen molar-refractivity contribution < 1.29 is 4.79 Å². The fourth-order valence-corrected chi connectivity index (χ4v) is 7.08. The molecule has 4 nitrogen and oxygen atoms in total. The molecule has 0 spiro atoms. The third-order valence-electron chi connectivity index (χ3n) is 10.2. The Morgan fingerprint density at radius 2 is 0.891 bits per heavy atom. The van der Waals surface area contributed by atoms with Crippen molar-refractivity contribution in [2.24, 2.45) is 4.99 Å². The van der Waals surface area contributed by atoms with E-state index >= 15 is 0 Å². The topological polar surface area (TPSA) is 44.7 Å². The quantitative estimate of drug-likeness (QED) is 0.0683. The molecule has 0 bridgehead atoms. The second-order valence-corrected chi connectivity index (χ2v) is 14.7. The normalized spacial score (nSPS) is 13.1. The molecule has 0 unspecified atom stereocenters. The summed E-state index contributed by atoms with van der Waals surface area (Å²) in [6.45, 7) is 8.46. The van der Waals surface area contributed by atoms with Crippen molar-refractivity contribution in [3.05, 3.63) is 0 Å². The first kappa shape index (κ1) is 43.0. The SMILES string of the molecule is CCCCCCCCCCCCCCCCCCC1=NCCN1CCCNC(=O)CCCCCCCCCCCCCCCCC. The maximum Gasteiger partial charge on any atom is 0.219 e. The molecule has 0 aromatic rings. The zero-order valence-electron chi connectivity index (χ0n) is 31.7. The number of carbonyl (C=O) groups excluding carboxylic acids is 1. The summed E-state index contributed by atoms with van der Waals surface area (Å²) in [4.78, 5) is 19.5. The molecule has 0 atom stereocenters. The molecule has 0 radical (unpaired) electrons. The van der Waals surface area contributed by atoms with Gasteiger partial charge in [-0.15, -0.1) is 0 Å². The van der Waals surface area contributed by atoms with Gasteiger partial charge in [-0.05, 0) is 19.3 Å². The standard InChI is InChI=1S/C42H83N3O/c1-3-5-7-9-11-13-15-17-19-21-22-24-26-28-30-32-35-41-43-38-40-45(41)39-34-37-44-42(46)36-33-31-29-27-25-23-20-18-16-14-12-10-8-6-4-2/h3-40H2,1-2H3,(H,44,46). The van der Waals surface area contributed by atoms with Crippen LogP contribution >= 0.6 is 0 Å². The monoisotopic (exact) mass is 646 g/mol. The molecule has 1 aliphatic heterocycles. The molecule has 1 amide bonds. The minimum absolute atomic E-state index is 0.248. The van der Waals surface area contributed by atoms with Gasteiger partial charge in [0.25, 0.3) is 0 Å². The van der Waals surface area contributed by atoms with Gasteiger partial charge in [0.1, 0.15) is 0 Å². The van der Waals surface area contributed by atoms with Crippen molar-refractivity contribution >= 4 is 11.7 Å². The number of carbonyl (C=O) groups is 1. The molecular weight excluding hydrogens is 562 g/mol. The lowest BCUT2D eigenvalue weighted by Crippen LogP contribution is -2.32. The molecule has 0 aromatic heterocycles. The summed E-state index contributed by atoms with van der Waals surface area (Å²) in [5.41, 5.74) is 0. The van der Waals surface area contributed by atoms with Gasteiger partial charge in [0.05, 0.1) is 12.4 Å². The van der Waals surface area contributed by atoms with Crippen LogP contribution in [0.3, 0.4) is 0 Å². The summed E-state index contributed by atoms with van der Waals surface area (Å²) >= 11 is 0. The number of amidine groups is 1. The number of unbranched alkanes of at least 4 members (excludes halogenated alkanes) is 29. The van der Waals surface area contributed by atoms with Crippen LogP contribution in [-0.2, 0) is 4.79 Å². The predicted octanol–water partition coefficient (Wildman–Crippen LogP) is 13.1. The molecular formula is C42H83N3O. The zero-order chi connectivity index (χ0) is 33.0. The fourth-order valence-electron chi connectivity index (χ4n) is 7.08. The maximum absolute atomic E-state index is 12.3. The Morgan fingerprint density at radius 1 is 0.522 bits per heavy atom. The van der Waals surface area contributed by atoms with Crippen molar-refractivity contribution in [2.75, 3.05) is 26.2 Å². The molecule has 46 heavy (non-hydrogen) atoms. The van der Waals surface area contributed by atoms with Crippen molar-refractivity contribution in [1.29, 1.82) is 0 Å². The molecule has 0 aromatic carbocycles. The van der Waals surface area contributed by atoms with Gasteiger partial charge in [0, 0.05) is 32.5 Å². The highest BCUT2D eigenvalue weighted by atomic mass is 16.1. The number of hydrogen-bond acceptors (Lipinski definition) is 3. The van der Waals surface area contributed by atoms with E-state index in [9.17, 15) is 4.79 Å². The van der Waals surface area contributed by atoms with E-state index in [1.54, 1.807) is 0 Å². The Morgan fingerprint density at radius 3 is 1.30 bits per heavy atom. The largest absolute Gasteiger partial charge is 0.358 e. The average molecular weight is 646 g/mol. The highest BCUT2D eigenvalue weighted by Crippen LogP contribution is 2.16. The van der Waals surface area contributed by atoms with Gasteiger partial charge in [-0.2, -0.15) is 0 Å². The molecule has 1 heterocycles. The lowest BCUT2D eigenvalue weighted by atomic mass is 10.0. The molecule has 0 saturated heterocycles. The summed E-state index contributed by atoms with van der Waals surface area (Å²) in [6, 6.07) is 0. The smallest absolute Gasteiger partial charge is 0.219 e. The van der Waals surface area contributed by atoms with Crippen LogP contribution in [0.25, 0.3) is 0 Å². The lowest BCUT2D eigenvalue weighted by molar-refractivity contribution is -0.121. The first-order valence-electron chi connectivity index (χ1n) is 21.3. The van der Waals surface area contributed by atoms with Crippen molar-refractivity contribution in [3.63, 3.8) is 0 Å². The molecule has 1 aliphatic rings. The molecule has 0 aliphatic carbocycles. The third-order valence-corrected chi connectivity index (χ3v) is 10.2. The number of hydrogen-bond donors (Lipinski definition) is 1. The van der Waals surface area contributed by atoms with Crippen LogP contribution in [0.2, 0.25) is 0 Å². The van der Waals surface area contributed by atoms with Crippen LogP contribution in [-0.4, -0.2) is 42.8 Å². The minimum atomic E-state index is 0.248. The van der Waals surface area contributed by atoms with E-state index in [0.29, 0.717) is 6.42 Å². The van der Waals surface area contributed by atoms with Crippen molar-refractivity contribution in [1.82, 2.24) is 10.2 Å². The second-order valence-electron chi connectivity index (χ2n) is 14.7. The Bertz CT molecular complexity index is 663. The number of aliphatic imine (C=N–C) groups is 1. The van der Waals surface area contributed by atoms with Crippen molar-refractivity contribution in [3.8, 4) is 0 Å². The number of rotatable bonds is 37. The number of nitrogens with zero attached hydrogens (tertiary/aromatic N) is 2. The zero-order valence-corrected chi connectivity index (χ0v) is 31.7. The van der Waals surface area contributed by atoms with Crippen LogP contribution in [0, 0.1) is 0 Å². The van der Waals surface area contributed by atoms with Gasteiger partial charge < -0.3 is 10.2 Å². The van der Waals surface area contributed by atoms with Gasteiger partial charge in [0.2, 0.25) is 5.91 Å². The summed E-state index contributed by atoms with van der Waals surface area (Å²) in [5.74, 6) is 1.58. The van der Waals surface area contributed by atoms with Crippen LogP contribution in [0.15, 0.2) is 4.99 Å². The van der Waals surface area contributed by atoms with E-state index in [0.717, 1.165) is 45.4 Å². The first-order valence-corrected chi connectivity index (χ1v) is 21.3. The average Bonchev–Trinajstić information content (AvgIpc) is 3.51. The second kappa shape index (κ2) is 35.3. The summed E-state index contributed by atoms with van der Waals surface area (Å²) in [6.07, 6.45) is 46.1. The Kier molecular flexibility index (Phi) is 32.9. The van der Waals surface area contributed by atoms with E-state index in [1.807, 2.05) is 0 Å². The predicted molar refractivity (Wildman–Crippen MR) is 205 cm³/mol. The highest BCUT2D eigenvalue weighted by molar-refractivity contribution is 5.83. The van der Waals surface area contributed by atoms with Crippen molar-refractivity contribution in [2.45, 2.75) is 232 Å². The van der Waals surface area contributed by atoms with Gasteiger partial charge in [-0.1, -0.05) is 200 Å². The summed E-state index contributed by atoms with van der Waals surface area (Å²) in [7, 11) is 0. The number of nitrogens with one attached hydrogen (secondary N) is 1. The van der Waals surface area contributed by atoms with E-state index in [4.69, 9.17) is 4.99 Å². The van der Waals surface area contributed by atoms with E-state index in [2.05, 4.69) is 24.1 Å². The Balaban J connectivity index is 1.83. The molecule has 4 heteroatoms. The molecule has 0 fully saturated rings. The van der Waals surface area contributed by atoms with Crippen LogP contribution in [0.4, 0.5) is 0 Å². The summed E-state index contributed by atoms with van der Waals surface area (Å²) in [5, 5.41) is 3.17. The van der Waals surface area contributed by atoms with E-state index < -0.39 is 0 Å². The van der Waals surface area contributed by atoms with Crippen LogP contribution in [0.1, 0.15) is 232 Å².